The summed E-state index contributed by atoms with van der Waals surface area (Å²) in [6.07, 6.45) is 3.79. The molecule has 1 N–H and O–H groups in total. The first kappa shape index (κ1) is 11.8. The average molecular weight is 283 g/mol. The molecular weight excluding hydrogens is 272 g/mol. The normalized spacial score (nSPS) is 14.9. The number of hydrogen-bond donors (Lipinski definition) is 1. The molecule has 2 aromatic rings. The molecule has 0 amide bonds. The molecule has 5 nitrogen and oxygen atoms in total. The van der Waals surface area contributed by atoms with Gasteiger partial charge < -0.3 is 0 Å². The first-order chi connectivity index (χ1) is 8.74. The van der Waals surface area contributed by atoms with Crippen LogP contribution in [0.15, 0.2) is 28.3 Å². The number of halogens is 1. The van der Waals surface area contributed by atoms with Gasteiger partial charge in [0.1, 0.15) is 0 Å². The van der Waals surface area contributed by atoms with E-state index in [1.807, 2.05) is 6.07 Å². The van der Waals surface area contributed by atoms with Crippen molar-refractivity contribution in [1.82, 2.24) is 19.7 Å². The van der Waals surface area contributed by atoms with Crippen LogP contribution in [0.1, 0.15) is 24.6 Å². The quantitative estimate of drug-likeness (QED) is 0.874. The highest BCUT2D eigenvalue weighted by molar-refractivity contribution is 7.98. The van der Waals surface area contributed by atoms with E-state index in [0.29, 0.717) is 16.8 Å². The van der Waals surface area contributed by atoms with Crippen LogP contribution in [0.2, 0.25) is 5.02 Å². The standard InChI is InChI=1S/C11H11ClN4OS/c12-7-3-4-13-8(5-7)6-18-11-15-14-10(17)16(11)9-1-2-9/h3-5,9H,1-2,6H2,(H,14,17). The molecule has 0 atom stereocenters. The van der Waals surface area contributed by atoms with Crippen LogP contribution >= 0.6 is 23.4 Å². The van der Waals surface area contributed by atoms with Gasteiger partial charge in [-0.05, 0) is 25.0 Å². The molecule has 3 rings (SSSR count). The fraction of sp³-hybridized carbons (Fsp3) is 0.364. The van der Waals surface area contributed by atoms with Gasteiger partial charge in [0.05, 0.1) is 5.69 Å². The molecule has 1 aliphatic rings. The van der Waals surface area contributed by atoms with E-state index < -0.39 is 0 Å². The van der Waals surface area contributed by atoms with Gasteiger partial charge in [0.15, 0.2) is 5.16 Å². The van der Waals surface area contributed by atoms with E-state index in [4.69, 9.17) is 11.6 Å². The molecule has 1 saturated carbocycles. The van der Waals surface area contributed by atoms with E-state index in [1.54, 1.807) is 16.8 Å². The summed E-state index contributed by atoms with van der Waals surface area (Å²) >= 11 is 7.39. The van der Waals surface area contributed by atoms with Crippen LogP contribution in [0, 0.1) is 0 Å². The van der Waals surface area contributed by atoms with Crippen LogP contribution < -0.4 is 5.69 Å². The Balaban J connectivity index is 1.75. The zero-order valence-corrected chi connectivity index (χ0v) is 11.0. The van der Waals surface area contributed by atoms with E-state index in [2.05, 4.69) is 15.2 Å². The van der Waals surface area contributed by atoms with Crippen molar-refractivity contribution in [2.75, 3.05) is 0 Å². The fourth-order valence-corrected chi connectivity index (χ4v) is 2.81. The lowest BCUT2D eigenvalue weighted by Crippen LogP contribution is -2.16. The van der Waals surface area contributed by atoms with E-state index in [9.17, 15) is 4.79 Å². The Hall–Kier alpha value is -1.27. The molecule has 0 radical (unpaired) electrons. The zero-order chi connectivity index (χ0) is 12.5. The summed E-state index contributed by atoms with van der Waals surface area (Å²) in [5, 5.41) is 7.93. The minimum Gasteiger partial charge on any atom is -0.267 e. The molecule has 2 aromatic heterocycles. The molecule has 18 heavy (non-hydrogen) atoms. The third-order valence-corrected chi connectivity index (χ3v) is 3.93. The van der Waals surface area contributed by atoms with E-state index in [1.165, 1.54) is 11.8 Å². The first-order valence-corrected chi connectivity index (χ1v) is 7.00. The summed E-state index contributed by atoms with van der Waals surface area (Å²) in [7, 11) is 0. The molecule has 0 aliphatic heterocycles. The lowest BCUT2D eigenvalue weighted by molar-refractivity contribution is 0.642. The van der Waals surface area contributed by atoms with E-state index >= 15 is 0 Å². The Labute approximate surface area is 113 Å². The number of rotatable bonds is 4. The molecule has 7 heteroatoms. The number of aromatic nitrogens is 4. The van der Waals surface area contributed by atoms with Crippen LogP contribution in [0.25, 0.3) is 0 Å². The van der Waals surface area contributed by atoms with E-state index in [0.717, 1.165) is 23.7 Å². The molecule has 94 valence electrons. The predicted molar refractivity (Wildman–Crippen MR) is 69.9 cm³/mol. The molecule has 2 heterocycles. The van der Waals surface area contributed by atoms with Gasteiger partial charge in [-0.2, -0.15) is 0 Å². The van der Waals surface area contributed by atoms with Crippen LogP contribution in [0.4, 0.5) is 0 Å². The molecule has 0 aromatic carbocycles. The Kier molecular flexibility index (Phi) is 3.13. The Bertz CT molecular complexity index is 620. The van der Waals surface area contributed by atoms with Crippen molar-refractivity contribution in [2.45, 2.75) is 29.8 Å². The predicted octanol–water partition coefficient (Wildman–Crippen LogP) is 2.25. The lowest BCUT2D eigenvalue weighted by Gasteiger charge is -2.03. The summed E-state index contributed by atoms with van der Waals surface area (Å²) in [4.78, 5) is 15.8. The molecule has 0 saturated heterocycles. The number of H-pyrrole nitrogens is 1. The first-order valence-electron chi connectivity index (χ1n) is 5.64. The molecule has 1 fully saturated rings. The maximum Gasteiger partial charge on any atom is 0.344 e. The monoisotopic (exact) mass is 282 g/mol. The highest BCUT2D eigenvalue weighted by Gasteiger charge is 2.28. The van der Waals surface area contributed by atoms with Crippen molar-refractivity contribution in [1.29, 1.82) is 0 Å². The number of nitrogens with one attached hydrogen (secondary N) is 1. The molecule has 0 bridgehead atoms. The second kappa shape index (κ2) is 4.78. The van der Waals surface area contributed by atoms with Crippen LogP contribution in [0.5, 0.6) is 0 Å². The maximum atomic E-state index is 11.6. The Morgan fingerprint density at radius 2 is 2.39 bits per heavy atom. The topological polar surface area (TPSA) is 63.6 Å². The summed E-state index contributed by atoms with van der Waals surface area (Å²) in [5.41, 5.74) is 0.754. The third kappa shape index (κ3) is 2.44. The van der Waals surface area contributed by atoms with Gasteiger partial charge in [0.2, 0.25) is 0 Å². The smallest absolute Gasteiger partial charge is 0.267 e. The van der Waals surface area contributed by atoms with Crippen molar-refractivity contribution in [3.63, 3.8) is 0 Å². The van der Waals surface area contributed by atoms with Gasteiger partial charge in [0.25, 0.3) is 0 Å². The Morgan fingerprint density at radius 3 is 3.11 bits per heavy atom. The summed E-state index contributed by atoms with van der Waals surface area (Å²) in [6, 6.07) is 3.89. The second-order valence-corrected chi connectivity index (χ2v) is 5.55. The molecule has 0 spiro atoms. The van der Waals surface area contributed by atoms with Gasteiger partial charge in [-0.15, -0.1) is 5.10 Å². The minimum atomic E-state index is -0.126. The number of pyridine rings is 1. The van der Waals surface area contributed by atoms with Crippen LogP contribution in [-0.4, -0.2) is 19.7 Å². The van der Waals surface area contributed by atoms with Gasteiger partial charge in [-0.3, -0.25) is 9.55 Å². The summed E-state index contributed by atoms with van der Waals surface area (Å²) in [5.74, 6) is 0.650. The maximum absolute atomic E-state index is 11.6. The zero-order valence-electron chi connectivity index (χ0n) is 9.47. The molecule has 1 aliphatic carbocycles. The van der Waals surface area contributed by atoms with Crippen molar-refractivity contribution in [3.05, 3.63) is 39.5 Å². The average Bonchev–Trinajstić information content (AvgIpc) is 3.11. The largest absolute Gasteiger partial charge is 0.344 e. The number of nitrogens with zero attached hydrogens (tertiary/aromatic N) is 3. The van der Waals surface area contributed by atoms with Crippen molar-refractivity contribution in [2.24, 2.45) is 0 Å². The second-order valence-electron chi connectivity index (χ2n) is 4.17. The molecular formula is C11H11ClN4OS. The fourth-order valence-electron chi connectivity index (χ4n) is 1.71. The number of thioether (sulfide) groups is 1. The SMILES string of the molecule is O=c1[nH]nc(SCc2cc(Cl)ccn2)n1C1CC1. The van der Waals surface area contributed by atoms with Gasteiger partial charge in [-0.25, -0.2) is 9.89 Å². The third-order valence-electron chi connectivity index (χ3n) is 2.71. The van der Waals surface area contributed by atoms with Crippen LogP contribution in [0.3, 0.4) is 0 Å². The van der Waals surface area contributed by atoms with Gasteiger partial charge >= 0.3 is 5.69 Å². The molecule has 0 unspecified atom stereocenters. The lowest BCUT2D eigenvalue weighted by atomic mass is 10.4. The Morgan fingerprint density at radius 1 is 1.56 bits per heavy atom. The van der Waals surface area contributed by atoms with Crippen molar-refractivity contribution < 1.29 is 0 Å². The summed E-state index contributed by atoms with van der Waals surface area (Å²) in [6.45, 7) is 0. The highest BCUT2D eigenvalue weighted by atomic mass is 35.5. The van der Waals surface area contributed by atoms with Gasteiger partial charge in [0, 0.05) is 23.0 Å². The van der Waals surface area contributed by atoms with Crippen LogP contribution in [-0.2, 0) is 5.75 Å². The van der Waals surface area contributed by atoms with Crippen molar-refractivity contribution in [3.8, 4) is 0 Å². The summed E-state index contributed by atoms with van der Waals surface area (Å²) < 4.78 is 1.73. The minimum absolute atomic E-state index is 0.126. The van der Waals surface area contributed by atoms with Gasteiger partial charge in [-0.1, -0.05) is 23.4 Å². The number of aromatic amines is 1. The number of hydrogen-bond acceptors (Lipinski definition) is 4. The highest BCUT2D eigenvalue weighted by Crippen LogP contribution is 2.36. The van der Waals surface area contributed by atoms with E-state index in [-0.39, 0.29) is 5.69 Å². The van der Waals surface area contributed by atoms with Crippen molar-refractivity contribution >= 4 is 23.4 Å².